The third kappa shape index (κ3) is 37.5. The highest BCUT2D eigenvalue weighted by Crippen LogP contribution is 2.19. The molecular weight excluding hydrogens is 530 g/mol. The van der Waals surface area contributed by atoms with E-state index < -0.39 is 12.1 Å². The molecule has 3 N–H and O–H groups in total. The summed E-state index contributed by atoms with van der Waals surface area (Å²) in [7, 11) is 0. The minimum absolute atomic E-state index is 0.0332. The average Bonchev–Trinajstić information content (AvgIpc) is 3.02. The van der Waals surface area contributed by atoms with E-state index in [2.05, 4.69) is 26.1 Å². The fourth-order valence-electron chi connectivity index (χ4n) is 5.70. The number of aliphatic hydroxyl groups excluding tert-OH is 2. The van der Waals surface area contributed by atoms with Crippen LogP contribution < -0.4 is 5.32 Å². The van der Waals surface area contributed by atoms with E-state index in [9.17, 15) is 15.0 Å². The molecule has 262 valence electrons. The summed E-state index contributed by atoms with van der Waals surface area (Å²) in [4.78, 5) is 12.4. The van der Waals surface area contributed by atoms with Crippen molar-refractivity contribution in [2.24, 2.45) is 5.92 Å². The van der Waals surface area contributed by atoms with Crippen molar-refractivity contribution >= 4 is 5.91 Å². The van der Waals surface area contributed by atoms with Crippen molar-refractivity contribution in [1.29, 1.82) is 0 Å². The SMILES string of the molecule is CC.CC.CCCCCCCCCCCCCCCC(=O)NC(CO)C(O)C[C@@H](C)CCCCCCCCCCCCC. The van der Waals surface area contributed by atoms with Crippen LogP contribution in [0.1, 0.15) is 222 Å². The summed E-state index contributed by atoms with van der Waals surface area (Å²) in [6.07, 6.45) is 33.2. The zero-order valence-corrected chi connectivity index (χ0v) is 30.8. The lowest BCUT2D eigenvalue weighted by Gasteiger charge is -2.25. The van der Waals surface area contributed by atoms with Gasteiger partial charge in [-0.1, -0.05) is 203 Å². The molecule has 0 spiro atoms. The Hall–Kier alpha value is -0.610. The van der Waals surface area contributed by atoms with Crippen molar-refractivity contribution in [3.8, 4) is 0 Å². The first-order valence-electron chi connectivity index (χ1n) is 19.6. The lowest BCUT2D eigenvalue weighted by molar-refractivity contribution is -0.123. The molecule has 0 radical (unpaired) electrons. The molecule has 4 heteroatoms. The van der Waals surface area contributed by atoms with Crippen molar-refractivity contribution in [2.45, 2.75) is 234 Å². The maximum atomic E-state index is 12.4. The standard InChI is InChI=1S/C35H71NO3.2C2H6/c1-4-6-8-10-12-14-16-17-19-21-23-25-27-29-35(39)36-33(31-37)34(38)30-32(3)28-26-24-22-20-18-15-13-11-9-7-5-2;2*1-2/h32-34,37-38H,4-31H2,1-3H3,(H,36,39);2*1-2H3/t32-,33?,34?;;/m0../s1. The van der Waals surface area contributed by atoms with E-state index in [1.165, 1.54) is 141 Å². The van der Waals surface area contributed by atoms with Crippen LogP contribution in [0.4, 0.5) is 0 Å². The predicted octanol–water partition coefficient (Wildman–Crippen LogP) is 12.1. The number of hydrogen-bond donors (Lipinski definition) is 3. The largest absolute Gasteiger partial charge is 0.394 e. The number of amides is 1. The Morgan fingerprint density at radius 3 is 1.23 bits per heavy atom. The van der Waals surface area contributed by atoms with Crippen LogP contribution in [0.15, 0.2) is 0 Å². The number of aliphatic hydroxyl groups is 2. The summed E-state index contributed by atoms with van der Waals surface area (Å²) in [5.41, 5.74) is 0. The Labute approximate surface area is 272 Å². The number of rotatable bonds is 31. The van der Waals surface area contributed by atoms with Crippen LogP contribution in [0.5, 0.6) is 0 Å². The topological polar surface area (TPSA) is 69.6 Å². The number of carbonyl (C=O) groups is 1. The summed E-state index contributed by atoms with van der Waals surface area (Å²) in [6, 6.07) is -0.542. The van der Waals surface area contributed by atoms with E-state index in [0.717, 1.165) is 19.3 Å². The molecule has 0 saturated carbocycles. The van der Waals surface area contributed by atoms with E-state index in [1.807, 2.05) is 27.7 Å². The minimum Gasteiger partial charge on any atom is -0.394 e. The zero-order chi connectivity index (χ0) is 32.8. The molecule has 0 aliphatic heterocycles. The zero-order valence-electron chi connectivity index (χ0n) is 30.8. The molecule has 2 unspecified atom stereocenters. The van der Waals surface area contributed by atoms with Gasteiger partial charge < -0.3 is 15.5 Å². The first-order chi connectivity index (χ1) is 21.0. The van der Waals surface area contributed by atoms with Crippen molar-refractivity contribution in [1.82, 2.24) is 5.32 Å². The van der Waals surface area contributed by atoms with Crippen LogP contribution in [0.2, 0.25) is 0 Å². The summed E-state index contributed by atoms with van der Waals surface area (Å²) < 4.78 is 0. The van der Waals surface area contributed by atoms with Gasteiger partial charge in [0.1, 0.15) is 0 Å². The first-order valence-corrected chi connectivity index (χ1v) is 19.6. The van der Waals surface area contributed by atoms with Gasteiger partial charge in [-0.25, -0.2) is 0 Å². The summed E-state index contributed by atoms with van der Waals surface area (Å²) in [5, 5.41) is 23.2. The van der Waals surface area contributed by atoms with Gasteiger partial charge >= 0.3 is 0 Å². The molecule has 0 aliphatic rings. The van der Waals surface area contributed by atoms with Gasteiger partial charge in [-0.3, -0.25) is 4.79 Å². The fourth-order valence-corrected chi connectivity index (χ4v) is 5.70. The van der Waals surface area contributed by atoms with Gasteiger partial charge in [-0.2, -0.15) is 0 Å². The van der Waals surface area contributed by atoms with Crippen molar-refractivity contribution < 1.29 is 15.0 Å². The van der Waals surface area contributed by atoms with Crippen LogP contribution >= 0.6 is 0 Å². The molecular formula is C39H83NO3. The third-order valence-electron chi connectivity index (χ3n) is 8.46. The molecule has 3 atom stereocenters. The fraction of sp³-hybridized carbons (Fsp3) is 0.974. The van der Waals surface area contributed by atoms with E-state index in [-0.39, 0.29) is 12.5 Å². The minimum atomic E-state index is -0.673. The molecule has 0 bridgehead atoms. The molecule has 0 aromatic heterocycles. The first kappa shape index (κ1) is 46.8. The highest BCUT2D eigenvalue weighted by Gasteiger charge is 2.22. The highest BCUT2D eigenvalue weighted by atomic mass is 16.3. The summed E-state index contributed by atoms with van der Waals surface area (Å²) in [5.74, 6) is 0.375. The molecule has 1 amide bonds. The molecule has 0 heterocycles. The van der Waals surface area contributed by atoms with Gasteiger partial charge in [0, 0.05) is 6.42 Å². The monoisotopic (exact) mass is 614 g/mol. The van der Waals surface area contributed by atoms with Gasteiger partial charge in [0.2, 0.25) is 5.91 Å². The van der Waals surface area contributed by atoms with Crippen LogP contribution in [0.25, 0.3) is 0 Å². The van der Waals surface area contributed by atoms with Crippen LogP contribution in [-0.2, 0) is 4.79 Å². The lowest BCUT2D eigenvalue weighted by Crippen LogP contribution is -2.46. The van der Waals surface area contributed by atoms with Crippen LogP contribution in [0, 0.1) is 5.92 Å². The van der Waals surface area contributed by atoms with E-state index >= 15 is 0 Å². The van der Waals surface area contributed by atoms with Gasteiger partial charge in [-0.15, -0.1) is 0 Å². The van der Waals surface area contributed by atoms with Gasteiger partial charge in [0.25, 0.3) is 0 Å². The van der Waals surface area contributed by atoms with Crippen LogP contribution in [-0.4, -0.2) is 34.9 Å². The number of nitrogens with one attached hydrogen (secondary N) is 1. The molecule has 0 aromatic carbocycles. The van der Waals surface area contributed by atoms with E-state index in [1.54, 1.807) is 0 Å². The molecule has 0 aliphatic carbocycles. The predicted molar refractivity (Wildman–Crippen MR) is 193 cm³/mol. The average molecular weight is 614 g/mol. The molecule has 0 aromatic rings. The summed E-state index contributed by atoms with van der Waals surface area (Å²) >= 11 is 0. The molecule has 43 heavy (non-hydrogen) atoms. The smallest absolute Gasteiger partial charge is 0.220 e. The Balaban J connectivity index is -0.00000382. The Kier molecular flexibility index (Phi) is 45.1. The Morgan fingerprint density at radius 1 is 0.558 bits per heavy atom. The van der Waals surface area contributed by atoms with Gasteiger partial charge in [0.05, 0.1) is 18.8 Å². The van der Waals surface area contributed by atoms with Crippen molar-refractivity contribution in [2.75, 3.05) is 6.61 Å². The maximum Gasteiger partial charge on any atom is 0.220 e. The van der Waals surface area contributed by atoms with Gasteiger partial charge in [0.15, 0.2) is 0 Å². The molecule has 4 nitrogen and oxygen atoms in total. The second-order valence-corrected chi connectivity index (χ2v) is 12.6. The van der Waals surface area contributed by atoms with E-state index in [4.69, 9.17) is 0 Å². The van der Waals surface area contributed by atoms with Crippen molar-refractivity contribution in [3.05, 3.63) is 0 Å². The maximum absolute atomic E-state index is 12.4. The molecule has 0 rings (SSSR count). The molecule has 0 saturated heterocycles. The molecule has 0 fully saturated rings. The number of carbonyl (C=O) groups excluding carboxylic acids is 1. The quantitative estimate of drug-likeness (QED) is 0.0681. The highest BCUT2D eigenvalue weighted by molar-refractivity contribution is 5.76. The summed E-state index contributed by atoms with van der Waals surface area (Å²) in [6.45, 7) is 14.5. The second kappa shape index (κ2) is 41.4. The van der Waals surface area contributed by atoms with E-state index in [0.29, 0.717) is 18.8 Å². The normalized spacial score (nSPS) is 12.9. The van der Waals surface area contributed by atoms with Gasteiger partial charge in [-0.05, 0) is 18.8 Å². The van der Waals surface area contributed by atoms with Crippen molar-refractivity contribution in [3.63, 3.8) is 0 Å². The lowest BCUT2D eigenvalue weighted by atomic mass is 9.93. The Bertz CT molecular complexity index is 499. The third-order valence-corrected chi connectivity index (χ3v) is 8.46. The number of unbranched alkanes of at least 4 members (excludes halogenated alkanes) is 22. The second-order valence-electron chi connectivity index (χ2n) is 12.6. The Morgan fingerprint density at radius 2 is 0.884 bits per heavy atom. The van der Waals surface area contributed by atoms with Crippen LogP contribution in [0.3, 0.4) is 0 Å². The number of hydrogen-bond acceptors (Lipinski definition) is 3.